The number of amides is 1. The third kappa shape index (κ3) is 3.77. The third-order valence-corrected chi connectivity index (χ3v) is 6.62. The molecule has 1 N–H and O–H groups in total. The molecular formula is C22H16FN5OS2. The van der Waals surface area contributed by atoms with Crippen LogP contribution in [-0.4, -0.2) is 31.2 Å². The number of aryl methyl sites for hydroxylation is 1. The van der Waals surface area contributed by atoms with E-state index in [2.05, 4.69) is 57.1 Å². The molecule has 0 spiro atoms. The molecule has 0 fully saturated rings. The van der Waals surface area contributed by atoms with Crippen LogP contribution in [0.15, 0.2) is 65.4 Å². The highest BCUT2D eigenvalue weighted by atomic mass is 32.2. The SMILES string of the molecule is Cc1ccc(-c2csc3ncn4c(SCC(=O)Nc5ccccc5F)nnc4c23)cc1. The Hall–Kier alpha value is -3.30. The third-order valence-electron chi connectivity index (χ3n) is 4.79. The topological polar surface area (TPSA) is 72.2 Å². The summed E-state index contributed by atoms with van der Waals surface area (Å²) < 4.78 is 15.5. The number of carbonyl (C=O) groups is 1. The number of hydrogen-bond donors (Lipinski definition) is 1. The maximum atomic E-state index is 13.7. The molecule has 31 heavy (non-hydrogen) atoms. The summed E-state index contributed by atoms with van der Waals surface area (Å²) in [6, 6.07) is 14.4. The van der Waals surface area contributed by atoms with Gasteiger partial charge in [0.15, 0.2) is 10.8 Å². The van der Waals surface area contributed by atoms with Gasteiger partial charge in [0, 0.05) is 10.9 Å². The lowest BCUT2D eigenvalue weighted by molar-refractivity contribution is -0.113. The highest BCUT2D eigenvalue weighted by Gasteiger charge is 2.17. The average molecular weight is 450 g/mol. The minimum Gasteiger partial charge on any atom is -0.323 e. The minimum absolute atomic E-state index is 0.0711. The van der Waals surface area contributed by atoms with Crippen LogP contribution >= 0.6 is 23.1 Å². The molecule has 9 heteroatoms. The number of thioether (sulfide) groups is 1. The largest absolute Gasteiger partial charge is 0.323 e. The second-order valence-corrected chi connectivity index (χ2v) is 8.73. The van der Waals surface area contributed by atoms with Crippen molar-refractivity contribution in [2.75, 3.05) is 11.1 Å². The number of rotatable bonds is 5. The Labute approximate surface area is 185 Å². The molecule has 6 nitrogen and oxygen atoms in total. The van der Waals surface area contributed by atoms with Crippen molar-refractivity contribution in [3.05, 3.63) is 71.6 Å². The molecule has 0 saturated heterocycles. The number of hydrogen-bond acceptors (Lipinski definition) is 6. The highest BCUT2D eigenvalue weighted by molar-refractivity contribution is 7.99. The van der Waals surface area contributed by atoms with E-state index >= 15 is 0 Å². The molecule has 0 radical (unpaired) electrons. The molecule has 0 aliphatic carbocycles. The first-order chi connectivity index (χ1) is 15.1. The number of para-hydroxylation sites is 1. The van der Waals surface area contributed by atoms with Crippen LogP contribution in [0.1, 0.15) is 5.56 Å². The van der Waals surface area contributed by atoms with Crippen molar-refractivity contribution in [3.63, 3.8) is 0 Å². The fourth-order valence-electron chi connectivity index (χ4n) is 3.24. The molecule has 0 unspecified atom stereocenters. The van der Waals surface area contributed by atoms with Crippen LogP contribution in [0.25, 0.3) is 27.0 Å². The van der Waals surface area contributed by atoms with Gasteiger partial charge in [0.05, 0.1) is 16.8 Å². The first-order valence-corrected chi connectivity index (χ1v) is 11.3. The van der Waals surface area contributed by atoms with Crippen LogP contribution in [0.3, 0.4) is 0 Å². The number of anilines is 1. The van der Waals surface area contributed by atoms with Gasteiger partial charge in [0.25, 0.3) is 0 Å². The van der Waals surface area contributed by atoms with E-state index in [4.69, 9.17) is 0 Å². The number of halogens is 1. The smallest absolute Gasteiger partial charge is 0.234 e. The second kappa shape index (κ2) is 8.09. The molecule has 2 aromatic carbocycles. The Morgan fingerprint density at radius 1 is 1.16 bits per heavy atom. The summed E-state index contributed by atoms with van der Waals surface area (Å²) in [4.78, 5) is 17.7. The monoisotopic (exact) mass is 449 g/mol. The van der Waals surface area contributed by atoms with E-state index in [1.54, 1.807) is 34.2 Å². The standard InChI is InChI=1S/C22H16FN5OS2/c1-13-6-8-14(9-7-13)15-10-30-21-19(15)20-26-27-22(28(20)12-24-21)31-11-18(29)25-17-5-3-2-4-16(17)23/h2-10,12H,11H2,1H3,(H,25,29). The molecular weight excluding hydrogens is 433 g/mol. The zero-order chi connectivity index (χ0) is 21.4. The summed E-state index contributed by atoms with van der Waals surface area (Å²) in [6.45, 7) is 2.06. The molecule has 0 saturated carbocycles. The number of nitrogens with zero attached hydrogens (tertiary/aromatic N) is 4. The van der Waals surface area contributed by atoms with Gasteiger partial charge in [-0.25, -0.2) is 9.37 Å². The van der Waals surface area contributed by atoms with Crippen molar-refractivity contribution in [1.29, 1.82) is 0 Å². The van der Waals surface area contributed by atoms with Crippen molar-refractivity contribution in [2.45, 2.75) is 12.1 Å². The quantitative estimate of drug-likeness (QED) is 0.374. The molecule has 154 valence electrons. The summed E-state index contributed by atoms with van der Waals surface area (Å²) in [6.07, 6.45) is 1.67. The Kier molecular flexibility index (Phi) is 5.13. The molecule has 0 aliphatic heterocycles. The van der Waals surface area contributed by atoms with Gasteiger partial charge < -0.3 is 5.32 Å². The van der Waals surface area contributed by atoms with Gasteiger partial charge in [-0.2, -0.15) is 0 Å². The lowest BCUT2D eigenvalue weighted by atomic mass is 10.0. The number of aromatic nitrogens is 4. The summed E-state index contributed by atoms with van der Waals surface area (Å²) in [5.74, 6) is -0.722. The molecule has 1 amide bonds. The van der Waals surface area contributed by atoms with E-state index in [0.717, 1.165) is 21.3 Å². The van der Waals surface area contributed by atoms with Crippen LogP contribution in [0, 0.1) is 12.7 Å². The molecule has 0 bridgehead atoms. The molecule has 0 atom stereocenters. The highest BCUT2D eigenvalue weighted by Crippen LogP contribution is 2.35. The van der Waals surface area contributed by atoms with Gasteiger partial charge in [-0.15, -0.1) is 21.5 Å². The maximum Gasteiger partial charge on any atom is 0.234 e. The lowest BCUT2D eigenvalue weighted by Gasteiger charge is -2.05. The number of benzene rings is 2. The maximum absolute atomic E-state index is 13.7. The Bertz CT molecular complexity index is 1410. The number of carbonyl (C=O) groups excluding carboxylic acids is 1. The number of thiophene rings is 1. The van der Waals surface area contributed by atoms with Crippen LogP contribution in [-0.2, 0) is 4.79 Å². The lowest BCUT2D eigenvalue weighted by Crippen LogP contribution is -2.15. The van der Waals surface area contributed by atoms with Crippen molar-refractivity contribution >= 4 is 50.6 Å². The minimum atomic E-state index is -0.471. The second-order valence-electron chi connectivity index (χ2n) is 6.93. The molecule has 3 aromatic heterocycles. The van der Waals surface area contributed by atoms with E-state index in [0.29, 0.717) is 10.8 Å². The Morgan fingerprint density at radius 3 is 2.77 bits per heavy atom. The van der Waals surface area contributed by atoms with Crippen molar-refractivity contribution in [3.8, 4) is 11.1 Å². The van der Waals surface area contributed by atoms with Crippen LogP contribution in [0.4, 0.5) is 10.1 Å². The first-order valence-electron chi connectivity index (χ1n) is 9.45. The summed E-state index contributed by atoms with van der Waals surface area (Å²) in [5, 5.41) is 14.8. The molecule has 0 aliphatic rings. The predicted octanol–water partition coefficient (Wildman–Crippen LogP) is 5.18. The Balaban J connectivity index is 1.42. The normalized spacial score (nSPS) is 11.3. The fraction of sp³-hybridized carbons (Fsp3) is 0.0909. The van der Waals surface area contributed by atoms with Crippen molar-refractivity contribution in [2.24, 2.45) is 0 Å². The molecule has 5 aromatic rings. The van der Waals surface area contributed by atoms with Crippen LogP contribution in [0.5, 0.6) is 0 Å². The van der Waals surface area contributed by atoms with Crippen molar-refractivity contribution < 1.29 is 9.18 Å². The number of nitrogens with one attached hydrogen (secondary N) is 1. The van der Waals surface area contributed by atoms with Crippen LogP contribution in [0.2, 0.25) is 0 Å². The number of fused-ring (bicyclic) bond motifs is 3. The summed E-state index contributed by atoms with van der Waals surface area (Å²) in [5.41, 5.74) is 4.19. The molecule has 3 heterocycles. The van der Waals surface area contributed by atoms with Gasteiger partial charge in [0.2, 0.25) is 5.91 Å². The first kappa shape index (κ1) is 19.7. The van der Waals surface area contributed by atoms with Gasteiger partial charge in [-0.1, -0.05) is 53.7 Å². The average Bonchev–Trinajstić information content (AvgIpc) is 3.38. The molecule has 5 rings (SSSR count). The summed E-state index contributed by atoms with van der Waals surface area (Å²) in [7, 11) is 0. The van der Waals surface area contributed by atoms with Gasteiger partial charge in [-0.3, -0.25) is 9.20 Å². The van der Waals surface area contributed by atoms with E-state index in [-0.39, 0.29) is 17.3 Å². The fourth-order valence-corrected chi connectivity index (χ4v) is 4.86. The van der Waals surface area contributed by atoms with Gasteiger partial charge in [0.1, 0.15) is 17.0 Å². The van der Waals surface area contributed by atoms with E-state index < -0.39 is 5.82 Å². The van der Waals surface area contributed by atoms with Crippen LogP contribution < -0.4 is 5.32 Å². The van der Waals surface area contributed by atoms with Crippen molar-refractivity contribution in [1.82, 2.24) is 19.6 Å². The van der Waals surface area contributed by atoms with E-state index in [1.807, 2.05) is 0 Å². The zero-order valence-electron chi connectivity index (χ0n) is 16.4. The Morgan fingerprint density at radius 2 is 1.97 bits per heavy atom. The van der Waals surface area contributed by atoms with E-state index in [9.17, 15) is 9.18 Å². The predicted molar refractivity (Wildman–Crippen MR) is 122 cm³/mol. The van der Waals surface area contributed by atoms with Gasteiger partial charge >= 0.3 is 0 Å². The zero-order valence-corrected chi connectivity index (χ0v) is 18.0. The van der Waals surface area contributed by atoms with E-state index in [1.165, 1.54) is 29.5 Å². The van der Waals surface area contributed by atoms with Gasteiger partial charge in [-0.05, 0) is 24.6 Å². The summed E-state index contributed by atoms with van der Waals surface area (Å²) >= 11 is 2.78.